The van der Waals surface area contributed by atoms with Gasteiger partial charge in [0.15, 0.2) is 5.78 Å². The highest BCUT2D eigenvalue weighted by Gasteiger charge is 2.38. The molecule has 0 aromatic heterocycles. The number of halogens is 1. The minimum absolute atomic E-state index is 0.104. The molecule has 0 aliphatic rings. The fourth-order valence-electron chi connectivity index (χ4n) is 2.41. The average Bonchev–Trinajstić information content (AvgIpc) is 2.66. The molecule has 2 rings (SSSR count). The first-order valence-corrected chi connectivity index (χ1v) is 11.0. The van der Waals surface area contributed by atoms with E-state index in [1.54, 1.807) is 38.1 Å². The lowest BCUT2D eigenvalue weighted by Gasteiger charge is -2.27. The number of hydrogen-bond donors (Lipinski definition) is 1. The molecule has 146 valence electrons. The SMILES string of the molecule is CCOP(=O)(OCC)C(NC(=O)OCc1ccccc1)c1ccc(Br)cc1. The normalized spacial score (nSPS) is 12.4. The molecule has 0 aliphatic heterocycles. The zero-order chi connectivity index (χ0) is 19.7. The summed E-state index contributed by atoms with van der Waals surface area (Å²) in [5.41, 5.74) is 1.45. The van der Waals surface area contributed by atoms with Crippen LogP contribution in [0.15, 0.2) is 59.1 Å². The third-order valence-electron chi connectivity index (χ3n) is 3.59. The van der Waals surface area contributed by atoms with Crippen LogP contribution in [-0.4, -0.2) is 19.3 Å². The van der Waals surface area contributed by atoms with Crippen LogP contribution in [0.2, 0.25) is 0 Å². The maximum atomic E-state index is 13.3. The van der Waals surface area contributed by atoms with Crippen LogP contribution in [0.25, 0.3) is 0 Å². The van der Waals surface area contributed by atoms with E-state index in [-0.39, 0.29) is 19.8 Å². The second-order valence-electron chi connectivity index (χ2n) is 5.54. The standard InChI is InChI=1S/C19H23BrNO5P/c1-3-25-27(23,26-4-2)18(16-10-12-17(20)13-11-16)21-19(22)24-14-15-8-6-5-7-9-15/h5-13,18H,3-4,14H2,1-2H3,(H,21,22). The largest absolute Gasteiger partial charge is 0.445 e. The van der Waals surface area contributed by atoms with Crippen molar-refractivity contribution in [3.63, 3.8) is 0 Å². The minimum Gasteiger partial charge on any atom is -0.445 e. The van der Waals surface area contributed by atoms with Crippen LogP contribution < -0.4 is 5.32 Å². The Balaban J connectivity index is 2.19. The van der Waals surface area contributed by atoms with Crippen LogP contribution in [0, 0.1) is 0 Å². The van der Waals surface area contributed by atoms with Gasteiger partial charge in [-0.15, -0.1) is 0 Å². The van der Waals surface area contributed by atoms with Crippen molar-refractivity contribution in [2.24, 2.45) is 0 Å². The minimum atomic E-state index is -3.64. The Kier molecular flexibility index (Phi) is 8.51. The molecule has 1 amide bonds. The lowest BCUT2D eigenvalue weighted by atomic mass is 10.2. The van der Waals surface area contributed by atoms with Crippen molar-refractivity contribution in [2.75, 3.05) is 13.2 Å². The smallest absolute Gasteiger partial charge is 0.408 e. The van der Waals surface area contributed by atoms with Crippen LogP contribution in [-0.2, 0) is 25.0 Å². The highest BCUT2D eigenvalue weighted by atomic mass is 79.9. The fourth-order valence-corrected chi connectivity index (χ4v) is 4.57. The van der Waals surface area contributed by atoms with Gasteiger partial charge >= 0.3 is 13.7 Å². The Morgan fingerprint density at radius 2 is 1.63 bits per heavy atom. The summed E-state index contributed by atoms with van der Waals surface area (Å²) in [5.74, 6) is -0.978. The molecule has 1 atom stereocenters. The number of hydrogen-bond acceptors (Lipinski definition) is 5. The summed E-state index contributed by atoms with van der Waals surface area (Å²) >= 11 is 3.36. The summed E-state index contributed by atoms with van der Waals surface area (Å²) in [4.78, 5) is 12.3. The lowest BCUT2D eigenvalue weighted by Crippen LogP contribution is -2.30. The predicted molar refractivity (Wildman–Crippen MR) is 108 cm³/mol. The highest BCUT2D eigenvalue weighted by Crippen LogP contribution is 2.59. The number of alkyl carbamates (subject to hydrolysis) is 1. The van der Waals surface area contributed by atoms with Crippen LogP contribution >= 0.6 is 23.5 Å². The molecule has 0 bridgehead atoms. The van der Waals surface area contributed by atoms with Crippen molar-refractivity contribution in [2.45, 2.75) is 26.2 Å². The van der Waals surface area contributed by atoms with E-state index in [1.807, 2.05) is 30.3 Å². The Bertz CT molecular complexity index is 759. The molecule has 27 heavy (non-hydrogen) atoms. The Hall–Kier alpha value is -1.66. The van der Waals surface area contributed by atoms with E-state index in [9.17, 15) is 9.36 Å². The van der Waals surface area contributed by atoms with E-state index < -0.39 is 19.5 Å². The Morgan fingerprint density at radius 1 is 1.04 bits per heavy atom. The lowest BCUT2D eigenvalue weighted by molar-refractivity contribution is 0.134. The van der Waals surface area contributed by atoms with Crippen molar-refractivity contribution >= 4 is 29.6 Å². The number of rotatable bonds is 9. The molecule has 8 heteroatoms. The number of benzene rings is 2. The molecule has 0 saturated carbocycles. The number of nitrogens with one attached hydrogen (secondary N) is 1. The molecule has 2 aromatic carbocycles. The number of ether oxygens (including phenoxy) is 1. The van der Waals surface area contributed by atoms with Crippen LogP contribution in [0.3, 0.4) is 0 Å². The van der Waals surface area contributed by atoms with E-state index in [1.165, 1.54) is 0 Å². The molecular formula is C19H23BrNO5P. The molecule has 0 saturated heterocycles. The van der Waals surface area contributed by atoms with Gasteiger partial charge in [0.1, 0.15) is 6.61 Å². The molecule has 1 unspecified atom stereocenters. The Labute approximate surface area is 167 Å². The summed E-state index contributed by atoms with van der Waals surface area (Å²) in [6.07, 6.45) is -0.702. The number of carbonyl (C=O) groups excluding carboxylic acids is 1. The summed E-state index contributed by atoms with van der Waals surface area (Å²) in [6.45, 7) is 3.92. The van der Waals surface area contributed by atoms with Gasteiger partial charge in [0.2, 0.25) is 0 Å². The van der Waals surface area contributed by atoms with Gasteiger partial charge in [-0.05, 0) is 37.1 Å². The molecular weight excluding hydrogens is 433 g/mol. The maximum Gasteiger partial charge on any atom is 0.408 e. The van der Waals surface area contributed by atoms with Crippen molar-refractivity contribution < 1.29 is 23.1 Å². The van der Waals surface area contributed by atoms with Crippen molar-refractivity contribution in [3.8, 4) is 0 Å². The Morgan fingerprint density at radius 3 is 2.19 bits per heavy atom. The van der Waals surface area contributed by atoms with Gasteiger partial charge in [-0.1, -0.05) is 58.4 Å². The van der Waals surface area contributed by atoms with Crippen molar-refractivity contribution in [3.05, 3.63) is 70.2 Å². The summed E-state index contributed by atoms with van der Waals surface area (Å²) < 4.78 is 30.3. The van der Waals surface area contributed by atoms with Crippen LogP contribution in [0.1, 0.15) is 30.8 Å². The van der Waals surface area contributed by atoms with Crippen molar-refractivity contribution in [1.29, 1.82) is 0 Å². The zero-order valence-corrected chi connectivity index (χ0v) is 17.7. The van der Waals surface area contributed by atoms with Gasteiger partial charge < -0.3 is 19.1 Å². The summed E-state index contributed by atoms with van der Waals surface area (Å²) in [6, 6.07) is 16.4. The molecule has 0 aliphatic carbocycles. The molecule has 0 fully saturated rings. The number of carbonyl (C=O) groups is 1. The van der Waals surface area contributed by atoms with E-state index >= 15 is 0 Å². The molecule has 0 heterocycles. The molecule has 6 nitrogen and oxygen atoms in total. The highest BCUT2D eigenvalue weighted by molar-refractivity contribution is 9.10. The quantitative estimate of drug-likeness (QED) is 0.495. The zero-order valence-electron chi connectivity index (χ0n) is 15.3. The summed E-state index contributed by atoms with van der Waals surface area (Å²) in [7, 11) is -3.64. The molecule has 1 N–H and O–H groups in total. The first-order valence-electron chi connectivity index (χ1n) is 8.60. The first kappa shape index (κ1) is 21.6. The monoisotopic (exact) mass is 455 g/mol. The van der Waals surface area contributed by atoms with E-state index in [0.29, 0.717) is 5.56 Å². The third-order valence-corrected chi connectivity index (χ3v) is 6.41. The van der Waals surface area contributed by atoms with Gasteiger partial charge in [0.25, 0.3) is 0 Å². The van der Waals surface area contributed by atoms with Gasteiger partial charge in [0, 0.05) is 4.47 Å². The van der Waals surface area contributed by atoms with E-state index in [4.69, 9.17) is 13.8 Å². The van der Waals surface area contributed by atoms with Gasteiger partial charge in [-0.25, -0.2) is 4.79 Å². The first-order chi connectivity index (χ1) is 13.0. The topological polar surface area (TPSA) is 73.9 Å². The fraction of sp³-hybridized carbons (Fsp3) is 0.316. The second-order valence-corrected chi connectivity index (χ2v) is 8.56. The predicted octanol–water partition coefficient (Wildman–Crippen LogP) is 5.64. The van der Waals surface area contributed by atoms with Crippen molar-refractivity contribution in [1.82, 2.24) is 5.32 Å². The number of amides is 1. The molecule has 2 aromatic rings. The van der Waals surface area contributed by atoms with E-state index in [2.05, 4.69) is 21.2 Å². The van der Waals surface area contributed by atoms with Gasteiger partial charge in [-0.3, -0.25) is 4.57 Å². The third kappa shape index (κ3) is 6.47. The van der Waals surface area contributed by atoms with Crippen LogP contribution in [0.4, 0.5) is 4.79 Å². The summed E-state index contributed by atoms with van der Waals surface area (Å²) in [5, 5.41) is 2.64. The van der Waals surface area contributed by atoms with Gasteiger partial charge in [-0.2, -0.15) is 0 Å². The molecule has 0 spiro atoms. The van der Waals surface area contributed by atoms with Gasteiger partial charge in [0.05, 0.1) is 13.2 Å². The van der Waals surface area contributed by atoms with E-state index in [0.717, 1.165) is 10.0 Å². The second kappa shape index (κ2) is 10.6. The molecule has 0 radical (unpaired) electrons. The maximum absolute atomic E-state index is 13.3. The van der Waals surface area contributed by atoms with Crippen LogP contribution in [0.5, 0.6) is 0 Å². The average molecular weight is 456 g/mol.